The average molecular weight is 311 g/mol. The molecule has 0 saturated heterocycles. The molecule has 106 valence electrons. The van der Waals surface area contributed by atoms with Crippen LogP contribution in [0.15, 0.2) is 36.7 Å². The first-order valence-electron chi connectivity index (χ1n) is 6.24. The van der Waals surface area contributed by atoms with E-state index in [9.17, 15) is 0 Å². The summed E-state index contributed by atoms with van der Waals surface area (Å²) in [7, 11) is 3.56. The van der Waals surface area contributed by atoms with Crippen molar-refractivity contribution in [1.29, 1.82) is 0 Å². The lowest BCUT2D eigenvalue weighted by Crippen LogP contribution is -2.19. The SMILES string of the molecule is CNC(Cc1ccc(Cl)c(Cl)c1)c1ccncc1OC. The van der Waals surface area contributed by atoms with Crippen molar-refractivity contribution in [3.8, 4) is 5.75 Å². The summed E-state index contributed by atoms with van der Waals surface area (Å²) in [6, 6.07) is 7.76. The van der Waals surface area contributed by atoms with Crippen LogP contribution >= 0.6 is 23.2 Å². The highest BCUT2D eigenvalue weighted by molar-refractivity contribution is 6.42. The third kappa shape index (κ3) is 3.42. The van der Waals surface area contributed by atoms with Crippen molar-refractivity contribution in [2.45, 2.75) is 12.5 Å². The van der Waals surface area contributed by atoms with Gasteiger partial charge in [0.05, 0.1) is 23.4 Å². The summed E-state index contributed by atoms with van der Waals surface area (Å²) in [5.41, 5.74) is 2.17. The van der Waals surface area contributed by atoms with E-state index in [-0.39, 0.29) is 6.04 Å². The third-order valence-electron chi connectivity index (χ3n) is 3.18. The number of ether oxygens (including phenoxy) is 1. The van der Waals surface area contributed by atoms with E-state index in [0.717, 1.165) is 23.3 Å². The molecular weight excluding hydrogens is 295 g/mol. The molecule has 3 nitrogen and oxygen atoms in total. The van der Waals surface area contributed by atoms with Crippen LogP contribution in [0.25, 0.3) is 0 Å². The van der Waals surface area contributed by atoms with Gasteiger partial charge in [-0.05, 0) is 37.2 Å². The van der Waals surface area contributed by atoms with Crippen molar-refractivity contribution in [3.63, 3.8) is 0 Å². The molecule has 0 spiro atoms. The lowest BCUT2D eigenvalue weighted by Gasteiger charge is -2.19. The first-order valence-corrected chi connectivity index (χ1v) is 7.00. The van der Waals surface area contributed by atoms with Gasteiger partial charge in [0.15, 0.2) is 0 Å². The van der Waals surface area contributed by atoms with Crippen molar-refractivity contribution in [3.05, 3.63) is 57.8 Å². The number of hydrogen-bond acceptors (Lipinski definition) is 3. The first kappa shape index (κ1) is 15.1. The van der Waals surface area contributed by atoms with Gasteiger partial charge < -0.3 is 10.1 Å². The van der Waals surface area contributed by atoms with Gasteiger partial charge in [-0.1, -0.05) is 29.3 Å². The molecule has 1 unspecified atom stereocenters. The molecule has 0 saturated carbocycles. The topological polar surface area (TPSA) is 34.2 Å². The van der Waals surface area contributed by atoms with Crippen LogP contribution in [-0.4, -0.2) is 19.1 Å². The molecular formula is C15H16Cl2N2O. The third-order valence-corrected chi connectivity index (χ3v) is 3.92. The molecule has 1 heterocycles. The number of hydrogen-bond donors (Lipinski definition) is 1. The molecule has 1 aromatic heterocycles. The molecule has 2 aromatic rings. The zero-order chi connectivity index (χ0) is 14.5. The first-order chi connectivity index (χ1) is 9.65. The number of pyridine rings is 1. The van der Waals surface area contributed by atoms with E-state index >= 15 is 0 Å². The highest BCUT2D eigenvalue weighted by Crippen LogP contribution is 2.29. The highest BCUT2D eigenvalue weighted by Gasteiger charge is 2.15. The lowest BCUT2D eigenvalue weighted by molar-refractivity contribution is 0.399. The molecule has 0 fully saturated rings. The van der Waals surface area contributed by atoms with Crippen molar-refractivity contribution in [2.24, 2.45) is 0 Å². The summed E-state index contributed by atoms with van der Waals surface area (Å²) in [5.74, 6) is 0.770. The number of methoxy groups -OCH3 is 1. The monoisotopic (exact) mass is 310 g/mol. The molecule has 0 amide bonds. The van der Waals surface area contributed by atoms with Crippen molar-refractivity contribution >= 4 is 23.2 Å². The molecule has 0 bridgehead atoms. The van der Waals surface area contributed by atoms with Crippen LogP contribution in [0.1, 0.15) is 17.2 Å². The number of halogens is 2. The Hall–Kier alpha value is -1.29. The maximum Gasteiger partial charge on any atom is 0.141 e. The number of likely N-dealkylation sites (N-methyl/N-ethyl adjacent to an activating group) is 1. The standard InChI is InChI=1S/C15H16Cl2N2O/c1-18-14(11-5-6-19-9-15(11)20-2)8-10-3-4-12(16)13(17)7-10/h3-7,9,14,18H,8H2,1-2H3. The molecule has 0 aliphatic carbocycles. The Labute approximate surface area is 128 Å². The number of aromatic nitrogens is 1. The second-order valence-corrected chi connectivity index (χ2v) is 5.23. The Morgan fingerprint density at radius 3 is 2.70 bits per heavy atom. The molecule has 20 heavy (non-hydrogen) atoms. The van der Waals surface area contributed by atoms with Gasteiger partial charge in [-0.15, -0.1) is 0 Å². The van der Waals surface area contributed by atoms with Crippen molar-refractivity contribution in [2.75, 3.05) is 14.2 Å². The average Bonchev–Trinajstić information content (AvgIpc) is 2.48. The van der Waals surface area contributed by atoms with E-state index in [2.05, 4.69) is 10.3 Å². The Kier molecular flexibility index (Phi) is 5.24. The number of nitrogens with zero attached hydrogens (tertiary/aromatic N) is 1. The van der Waals surface area contributed by atoms with Crippen LogP contribution in [0.3, 0.4) is 0 Å². The molecule has 0 aliphatic heterocycles. The van der Waals surface area contributed by atoms with Crippen molar-refractivity contribution < 1.29 is 4.74 Å². The van der Waals surface area contributed by atoms with E-state index in [0.29, 0.717) is 10.0 Å². The second kappa shape index (κ2) is 6.93. The Morgan fingerprint density at radius 2 is 2.05 bits per heavy atom. The van der Waals surface area contributed by atoms with Gasteiger partial charge in [0.1, 0.15) is 5.75 Å². The van der Waals surface area contributed by atoms with Crippen LogP contribution in [0, 0.1) is 0 Å². The number of nitrogens with one attached hydrogen (secondary N) is 1. The fourth-order valence-electron chi connectivity index (χ4n) is 2.12. The normalized spacial score (nSPS) is 12.2. The summed E-state index contributed by atoms with van der Waals surface area (Å²) >= 11 is 12.0. The van der Waals surface area contributed by atoms with E-state index in [1.54, 1.807) is 19.5 Å². The van der Waals surface area contributed by atoms with E-state index in [4.69, 9.17) is 27.9 Å². The summed E-state index contributed by atoms with van der Waals surface area (Å²) in [5, 5.41) is 4.43. The van der Waals surface area contributed by atoms with E-state index in [1.807, 2.05) is 31.3 Å². The van der Waals surface area contributed by atoms with Gasteiger partial charge >= 0.3 is 0 Å². The van der Waals surface area contributed by atoms with Gasteiger partial charge in [-0.3, -0.25) is 4.98 Å². The van der Waals surface area contributed by atoms with Crippen LogP contribution in [-0.2, 0) is 6.42 Å². The number of rotatable bonds is 5. The molecule has 0 radical (unpaired) electrons. The van der Waals surface area contributed by atoms with Crippen molar-refractivity contribution in [1.82, 2.24) is 10.3 Å². The smallest absolute Gasteiger partial charge is 0.141 e. The summed E-state index contributed by atoms with van der Waals surface area (Å²) < 4.78 is 5.36. The number of benzene rings is 1. The predicted molar refractivity (Wildman–Crippen MR) is 82.8 cm³/mol. The largest absolute Gasteiger partial charge is 0.495 e. The zero-order valence-corrected chi connectivity index (χ0v) is 12.9. The predicted octanol–water partition coefficient (Wildman–Crippen LogP) is 3.90. The van der Waals surface area contributed by atoms with E-state index in [1.165, 1.54) is 0 Å². The van der Waals surface area contributed by atoms with Crippen LogP contribution in [0.2, 0.25) is 10.0 Å². The minimum atomic E-state index is 0.116. The van der Waals surface area contributed by atoms with Gasteiger partial charge in [0.25, 0.3) is 0 Å². The molecule has 2 rings (SSSR count). The second-order valence-electron chi connectivity index (χ2n) is 4.41. The molecule has 1 aromatic carbocycles. The van der Waals surface area contributed by atoms with Gasteiger partial charge in [-0.2, -0.15) is 0 Å². The molecule has 0 aliphatic rings. The summed E-state index contributed by atoms with van der Waals surface area (Å²) in [6.07, 6.45) is 4.26. The Bertz CT molecular complexity index is 590. The maximum atomic E-state index is 6.06. The van der Waals surface area contributed by atoms with Gasteiger partial charge in [0, 0.05) is 17.8 Å². The minimum Gasteiger partial charge on any atom is -0.495 e. The van der Waals surface area contributed by atoms with Gasteiger partial charge in [0.2, 0.25) is 0 Å². The zero-order valence-electron chi connectivity index (χ0n) is 11.4. The highest BCUT2D eigenvalue weighted by atomic mass is 35.5. The summed E-state index contributed by atoms with van der Waals surface area (Å²) in [6.45, 7) is 0. The molecule has 1 N–H and O–H groups in total. The fraction of sp³-hybridized carbons (Fsp3) is 0.267. The fourth-order valence-corrected chi connectivity index (χ4v) is 2.44. The van der Waals surface area contributed by atoms with E-state index < -0.39 is 0 Å². The Morgan fingerprint density at radius 1 is 1.25 bits per heavy atom. The minimum absolute atomic E-state index is 0.116. The quantitative estimate of drug-likeness (QED) is 0.909. The lowest BCUT2D eigenvalue weighted by atomic mass is 9.99. The van der Waals surface area contributed by atoms with Crippen LogP contribution in [0.4, 0.5) is 0 Å². The molecule has 1 atom stereocenters. The maximum absolute atomic E-state index is 6.06. The van der Waals surface area contributed by atoms with Gasteiger partial charge in [-0.25, -0.2) is 0 Å². The van der Waals surface area contributed by atoms with Crippen LogP contribution < -0.4 is 10.1 Å². The Balaban J connectivity index is 2.26. The van der Waals surface area contributed by atoms with Crippen LogP contribution in [0.5, 0.6) is 5.75 Å². The summed E-state index contributed by atoms with van der Waals surface area (Å²) in [4.78, 5) is 4.07. The molecule has 5 heteroatoms.